The van der Waals surface area contributed by atoms with Crippen LogP contribution < -0.4 is 4.74 Å². The molecule has 2 aliphatic heterocycles. The molecule has 0 aromatic heterocycles. The molecule has 2 aromatic carbocycles. The van der Waals surface area contributed by atoms with Crippen LogP contribution in [0, 0.1) is 0 Å². The molecule has 0 spiro atoms. The van der Waals surface area contributed by atoms with Gasteiger partial charge in [-0.05, 0) is 48.7 Å². The van der Waals surface area contributed by atoms with E-state index in [9.17, 15) is 19.2 Å². The van der Waals surface area contributed by atoms with Crippen molar-refractivity contribution in [2.24, 2.45) is 5.16 Å². The highest BCUT2D eigenvalue weighted by Gasteiger charge is 2.72. The predicted molar refractivity (Wildman–Crippen MR) is 161 cm³/mol. The van der Waals surface area contributed by atoms with Crippen molar-refractivity contribution in [2.45, 2.75) is 70.7 Å². The van der Waals surface area contributed by atoms with Gasteiger partial charge < -0.3 is 38.0 Å². The van der Waals surface area contributed by atoms with Gasteiger partial charge in [0.15, 0.2) is 17.8 Å². The van der Waals surface area contributed by atoms with Crippen LogP contribution in [0.4, 0.5) is 0 Å². The largest absolute Gasteiger partial charge is 0.488 e. The van der Waals surface area contributed by atoms with E-state index in [-0.39, 0.29) is 13.2 Å². The maximum Gasteiger partial charge on any atom is 0.303 e. The maximum absolute atomic E-state index is 12.4. The van der Waals surface area contributed by atoms with Gasteiger partial charge >= 0.3 is 23.9 Å². The minimum atomic E-state index is -1.87. The van der Waals surface area contributed by atoms with Gasteiger partial charge in [-0.2, -0.15) is 0 Å². The molecular weight excluding hydrogens is 626 g/mol. The van der Waals surface area contributed by atoms with Crippen molar-refractivity contribution in [3.63, 3.8) is 0 Å². The van der Waals surface area contributed by atoms with E-state index in [1.165, 1.54) is 21.0 Å². The number of carbonyl (C=O) groups is 4. The van der Waals surface area contributed by atoms with Crippen LogP contribution in [-0.4, -0.2) is 80.4 Å². The fourth-order valence-corrected chi connectivity index (χ4v) is 5.63. The Balaban J connectivity index is 1.74. The summed E-state index contributed by atoms with van der Waals surface area (Å²) in [6.07, 6.45) is -3.83. The van der Waals surface area contributed by atoms with E-state index >= 15 is 0 Å². The average Bonchev–Trinajstić information content (AvgIpc) is 3.35. The lowest BCUT2D eigenvalue weighted by atomic mass is 9.83. The normalized spacial score (nSPS) is 25.3. The Morgan fingerprint density at radius 1 is 0.891 bits per heavy atom. The van der Waals surface area contributed by atoms with Gasteiger partial charge in [0.1, 0.15) is 26.1 Å². The van der Waals surface area contributed by atoms with E-state index < -0.39 is 60.2 Å². The van der Waals surface area contributed by atoms with Crippen LogP contribution >= 0.6 is 11.6 Å². The minimum absolute atomic E-state index is 0.262. The molecule has 13 nitrogen and oxygen atoms in total. The summed E-state index contributed by atoms with van der Waals surface area (Å²) < 4.78 is 40.8. The molecule has 0 radical (unpaired) electrons. The number of hydrogen-bond acceptors (Lipinski definition) is 13. The zero-order valence-corrected chi connectivity index (χ0v) is 27.1. The summed E-state index contributed by atoms with van der Waals surface area (Å²) in [7, 11) is 1.46. The van der Waals surface area contributed by atoms with E-state index in [1.54, 1.807) is 25.1 Å². The summed E-state index contributed by atoms with van der Waals surface area (Å²) in [6, 6.07) is 12.4. The lowest BCUT2D eigenvalue weighted by Crippen LogP contribution is -2.68. The molecule has 0 aliphatic carbocycles. The van der Waals surface area contributed by atoms with Gasteiger partial charge in [-0.3, -0.25) is 19.2 Å². The fraction of sp³-hybridized carbons (Fsp3) is 0.469. The van der Waals surface area contributed by atoms with Gasteiger partial charge in [-0.25, -0.2) is 0 Å². The zero-order valence-electron chi connectivity index (χ0n) is 26.3. The first-order valence-corrected chi connectivity index (χ1v) is 14.7. The topological polar surface area (TPSA) is 154 Å². The summed E-state index contributed by atoms with van der Waals surface area (Å²) in [5.74, 6) is -4.10. The molecule has 2 aliphatic rings. The summed E-state index contributed by atoms with van der Waals surface area (Å²) in [6.45, 7) is 6.04. The highest BCUT2D eigenvalue weighted by Crippen LogP contribution is 2.53. The van der Waals surface area contributed by atoms with Gasteiger partial charge in [0.2, 0.25) is 11.9 Å². The third kappa shape index (κ3) is 7.77. The van der Waals surface area contributed by atoms with E-state index in [4.69, 9.17) is 49.6 Å². The molecule has 46 heavy (non-hydrogen) atoms. The van der Waals surface area contributed by atoms with Gasteiger partial charge in [0.25, 0.3) is 0 Å². The molecule has 4 rings (SSSR count). The molecular formula is C32H36ClNO12. The van der Waals surface area contributed by atoms with Crippen LogP contribution in [0.2, 0.25) is 5.02 Å². The van der Waals surface area contributed by atoms with E-state index in [0.29, 0.717) is 34.0 Å². The van der Waals surface area contributed by atoms with E-state index in [1.807, 2.05) is 24.3 Å². The van der Waals surface area contributed by atoms with Crippen LogP contribution in [0.3, 0.4) is 0 Å². The molecule has 248 valence electrons. The molecule has 0 unspecified atom stereocenters. The molecule has 0 N–H and O–H groups in total. The van der Waals surface area contributed by atoms with Gasteiger partial charge in [0.05, 0.1) is 12.3 Å². The first-order valence-electron chi connectivity index (χ1n) is 14.3. The summed E-state index contributed by atoms with van der Waals surface area (Å²) in [5.41, 5.74) is 0.983. The number of esters is 4. The Bertz CT molecular complexity index is 1490. The number of fused-ring (bicyclic) bond motifs is 2. The molecule has 2 bridgehead atoms. The average molecular weight is 662 g/mol. The lowest BCUT2D eigenvalue weighted by Gasteiger charge is -2.49. The van der Waals surface area contributed by atoms with Gasteiger partial charge in [-0.15, -0.1) is 0 Å². The van der Waals surface area contributed by atoms with Crippen molar-refractivity contribution in [1.29, 1.82) is 0 Å². The monoisotopic (exact) mass is 661 g/mol. The first kappa shape index (κ1) is 34.7. The third-order valence-electron chi connectivity index (χ3n) is 7.24. The molecule has 0 saturated carbocycles. The number of halogens is 1. The quantitative estimate of drug-likeness (QED) is 0.141. The maximum atomic E-state index is 12.4. The Hall–Kier alpha value is -4.20. The van der Waals surface area contributed by atoms with Crippen LogP contribution in [0.5, 0.6) is 5.75 Å². The van der Waals surface area contributed by atoms with Crippen LogP contribution in [0.15, 0.2) is 47.6 Å². The SMILES string of the molecule is CON=C(C)COc1ccc(Cc2cc([C@]34OC[C@](COC(C)=O)(O3)[C@@H](OC(C)=O)[C@H](OC(C)=O)[C@H]4OC(C)=O)ccc2Cl)cc1. The number of rotatable bonds is 12. The number of benzene rings is 2. The molecule has 14 heteroatoms. The van der Waals surface area contributed by atoms with Gasteiger partial charge in [0, 0.05) is 38.3 Å². The van der Waals surface area contributed by atoms with E-state index in [0.717, 1.165) is 19.4 Å². The number of ether oxygens (including phenoxy) is 7. The highest BCUT2D eigenvalue weighted by atomic mass is 35.5. The number of hydrogen-bond donors (Lipinski definition) is 0. The Morgan fingerprint density at radius 2 is 1.54 bits per heavy atom. The van der Waals surface area contributed by atoms with Gasteiger partial charge in [-0.1, -0.05) is 35.0 Å². The fourth-order valence-electron chi connectivity index (χ4n) is 5.44. The van der Waals surface area contributed by atoms with Crippen molar-refractivity contribution < 1.29 is 57.2 Å². The molecule has 5 atom stereocenters. The third-order valence-corrected chi connectivity index (χ3v) is 7.61. The number of carbonyl (C=O) groups excluding carboxylic acids is 4. The molecule has 2 saturated heterocycles. The zero-order chi connectivity index (χ0) is 33.6. The number of oxime groups is 1. The lowest BCUT2D eigenvalue weighted by molar-refractivity contribution is -0.334. The first-order chi connectivity index (χ1) is 21.8. The molecule has 2 fully saturated rings. The van der Waals surface area contributed by atoms with Crippen molar-refractivity contribution in [2.75, 3.05) is 26.9 Å². The minimum Gasteiger partial charge on any atom is -0.488 e. The summed E-state index contributed by atoms with van der Waals surface area (Å²) in [4.78, 5) is 53.6. The Morgan fingerprint density at radius 3 is 2.15 bits per heavy atom. The smallest absolute Gasteiger partial charge is 0.303 e. The van der Waals surface area contributed by atoms with E-state index in [2.05, 4.69) is 5.16 Å². The van der Waals surface area contributed by atoms with Crippen LogP contribution in [0.25, 0.3) is 0 Å². The second-order valence-electron chi connectivity index (χ2n) is 11.0. The Kier molecular flexibility index (Phi) is 10.9. The van der Waals surface area contributed by atoms with Crippen LogP contribution in [-0.2, 0) is 64.6 Å². The molecule has 2 aromatic rings. The molecule has 2 heterocycles. The second-order valence-corrected chi connectivity index (χ2v) is 11.4. The van der Waals surface area contributed by atoms with Crippen molar-refractivity contribution >= 4 is 41.2 Å². The summed E-state index contributed by atoms with van der Waals surface area (Å²) >= 11 is 6.64. The summed E-state index contributed by atoms with van der Waals surface area (Å²) in [5, 5.41) is 4.26. The van der Waals surface area contributed by atoms with Crippen molar-refractivity contribution in [3.05, 3.63) is 64.2 Å². The van der Waals surface area contributed by atoms with Crippen molar-refractivity contribution in [3.8, 4) is 5.75 Å². The Labute approximate surface area is 270 Å². The molecule has 0 amide bonds. The number of nitrogens with zero attached hydrogens (tertiary/aromatic N) is 1. The van der Waals surface area contributed by atoms with Crippen molar-refractivity contribution in [1.82, 2.24) is 0 Å². The van der Waals surface area contributed by atoms with Crippen LogP contribution in [0.1, 0.15) is 51.3 Å². The second kappa shape index (κ2) is 14.5. The standard InChI is InChI=1S/C32H36ClNO12/c1-18(34-39-6)15-40-26-10-7-23(8-11-26)13-24-14-25(9-12-27(24)33)32-30(45-22(5)38)28(43-20(3)36)29(44-21(4)37)31(46-32,17-42-32)16-41-19(2)35/h7-12,14,28-30H,13,15-17H2,1-6H3/t28-,29-,30+,31-,32-/m0/s1. The highest BCUT2D eigenvalue weighted by molar-refractivity contribution is 6.31. The predicted octanol–water partition coefficient (Wildman–Crippen LogP) is 3.64.